The van der Waals surface area contributed by atoms with Crippen LogP contribution < -0.4 is 4.74 Å². The average molecular weight is 347 g/mol. The topological polar surface area (TPSA) is 76.1 Å². The van der Waals surface area contributed by atoms with Crippen molar-refractivity contribution in [2.24, 2.45) is 0 Å². The second kappa shape index (κ2) is 8.55. The molecule has 0 aromatic heterocycles. The van der Waals surface area contributed by atoms with E-state index < -0.39 is 5.97 Å². The Morgan fingerprint density at radius 3 is 2.60 bits per heavy atom. The van der Waals surface area contributed by atoms with Crippen LogP contribution in [0.4, 0.5) is 0 Å². The molecule has 2 atom stereocenters. The molecule has 0 radical (unpaired) electrons. The lowest BCUT2D eigenvalue weighted by Gasteiger charge is -2.38. The van der Waals surface area contributed by atoms with E-state index in [9.17, 15) is 14.7 Å². The van der Waals surface area contributed by atoms with Gasteiger partial charge in [0.1, 0.15) is 0 Å². The summed E-state index contributed by atoms with van der Waals surface area (Å²) in [6.45, 7) is 3.79. The number of esters is 1. The summed E-state index contributed by atoms with van der Waals surface area (Å²) in [7, 11) is 1.45. The van der Waals surface area contributed by atoms with Gasteiger partial charge < -0.3 is 19.5 Å². The van der Waals surface area contributed by atoms with E-state index >= 15 is 0 Å². The quantitative estimate of drug-likeness (QED) is 0.655. The molecule has 6 nitrogen and oxygen atoms in total. The number of ether oxygens (including phenoxy) is 2. The largest absolute Gasteiger partial charge is 0.504 e. The van der Waals surface area contributed by atoms with Crippen LogP contribution in [0.3, 0.4) is 0 Å². The van der Waals surface area contributed by atoms with Crippen LogP contribution in [0.5, 0.6) is 11.5 Å². The minimum absolute atomic E-state index is 0.0256. The number of likely N-dealkylation sites (tertiary alicyclic amines) is 1. The van der Waals surface area contributed by atoms with Gasteiger partial charge in [-0.1, -0.05) is 6.07 Å². The van der Waals surface area contributed by atoms with Crippen LogP contribution in [-0.4, -0.2) is 47.7 Å². The molecule has 0 aliphatic carbocycles. The number of benzene rings is 1. The molecule has 0 saturated carbocycles. The normalized spacial score (nSPS) is 20.5. The number of rotatable bonds is 5. The van der Waals surface area contributed by atoms with E-state index in [-0.39, 0.29) is 30.3 Å². The number of hydrogen-bond acceptors (Lipinski definition) is 5. The predicted octanol–water partition coefficient (Wildman–Crippen LogP) is 2.75. The fourth-order valence-corrected chi connectivity index (χ4v) is 3.13. The van der Waals surface area contributed by atoms with Gasteiger partial charge in [-0.05, 0) is 56.9 Å². The monoisotopic (exact) mass is 347 g/mol. The minimum Gasteiger partial charge on any atom is -0.504 e. The number of hydrogen-bond donors (Lipinski definition) is 1. The van der Waals surface area contributed by atoms with Gasteiger partial charge in [0.25, 0.3) is 5.91 Å². The Morgan fingerprint density at radius 2 is 1.96 bits per heavy atom. The lowest BCUT2D eigenvalue weighted by molar-refractivity contribution is -0.151. The number of phenolic OH excluding ortho intramolecular Hbond substituents is 1. The van der Waals surface area contributed by atoms with E-state index in [2.05, 4.69) is 0 Å². The van der Waals surface area contributed by atoms with E-state index in [4.69, 9.17) is 9.47 Å². The zero-order valence-electron chi connectivity index (χ0n) is 14.9. The fraction of sp³-hybridized carbons (Fsp3) is 0.474. The molecular formula is C19H25NO5. The molecule has 0 bridgehead atoms. The number of phenols is 1. The number of piperidine rings is 1. The van der Waals surface area contributed by atoms with E-state index in [1.807, 2.05) is 18.7 Å². The Hall–Kier alpha value is -2.50. The smallest absolute Gasteiger partial charge is 0.331 e. The van der Waals surface area contributed by atoms with Gasteiger partial charge >= 0.3 is 5.97 Å². The van der Waals surface area contributed by atoms with Crippen molar-refractivity contribution in [2.75, 3.05) is 13.7 Å². The number of nitrogens with zero attached hydrogens (tertiary/aromatic N) is 1. The first-order chi connectivity index (χ1) is 11.9. The van der Waals surface area contributed by atoms with Crippen molar-refractivity contribution in [1.82, 2.24) is 4.90 Å². The van der Waals surface area contributed by atoms with Crippen molar-refractivity contribution >= 4 is 18.0 Å². The lowest BCUT2D eigenvalue weighted by Crippen LogP contribution is -2.49. The van der Waals surface area contributed by atoms with Crippen LogP contribution in [0.15, 0.2) is 24.3 Å². The highest BCUT2D eigenvalue weighted by Gasteiger charge is 2.29. The highest BCUT2D eigenvalue weighted by Crippen LogP contribution is 2.26. The second-order valence-electron chi connectivity index (χ2n) is 6.30. The molecule has 25 heavy (non-hydrogen) atoms. The molecule has 1 aromatic carbocycles. The molecule has 0 unspecified atom stereocenters. The van der Waals surface area contributed by atoms with Crippen LogP contribution in [0.2, 0.25) is 0 Å². The van der Waals surface area contributed by atoms with Gasteiger partial charge in [-0.3, -0.25) is 4.79 Å². The number of aromatic hydroxyl groups is 1. The summed E-state index contributed by atoms with van der Waals surface area (Å²) in [4.78, 5) is 25.9. The molecule has 2 rings (SSSR count). The Kier molecular flexibility index (Phi) is 6.44. The molecule has 1 aromatic rings. The minimum atomic E-state index is -0.585. The van der Waals surface area contributed by atoms with Crippen LogP contribution in [0.25, 0.3) is 6.08 Å². The Balaban J connectivity index is 1.88. The van der Waals surface area contributed by atoms with Gasteiger partial charge in [-0.2, -0.15) is 0 Å². The van der Waals surface area contributed by atoms with Gasteiger partial charge in [0.05, 0.1) is 7.11 Å². The fourth-order valence-electron chi connectivity index (χ4n) is 3.13. The molecule has 1 amide bonds. The Bertz CT molecular complexity index is 645. The molecular weight excluding hydrogens is 322 g/mol. The lowest BCUT2D eigenvalue weighted by atomic mass is 9.97. The van der Waals surface area contributed by atoms with Crippen LogP contribution in [0, 0.1) is 0 Å². The summed E-state index contributed by atoms with van der Waals surface area (Å²) in [5.74, 6) is -0.401. The van der Waals surface area contributed by atoms with E-state index in [0.717, 1.165) is 19.3 Å². The van der Waals surface area contributed by atoms with Crippen molar-refractivity contribution in [3.63, 3.8) is 0 Å². The van der Waals surface area contributed by atoms with Gasteiger partial charge in [0.2, 0.25) is 0 Å². The third-order valence-corrected chi connectivity index (χ3v) is 4.44. The van der Waals surface area contributed by atoms with Gasteiger partial charge in [-0.25, -0.2) is 4.79 Å². The maximum absolute atomic E-state index is 12.3. The van der Waals surface area contributed by atoms with Crippen LogP contribution in [0.1, 0.15) is 38.7 Å². The predicted molar refractivity (Wildman–Crippen MR) is 94.3 cm³/mol. The summed E-state index contributed by atoms with van der Waals surface area (Å²) in [6, 6.07) is 5.07. The molecule has 1 aliphatic rings. The summed E-state index contributed by atoms with van der Waals surface area (Å²) >= 11 is 0. The molecule has 0 spiro atoms. The molecule has 136 valence electrons. The molecule has 1 saturated heterocycles. The zero-order valence-corrected chi connectivity index (χ0v) is 14.9. The third-order valence-electron chi connectivity index (χ3n) is 4.44. The standard InChI is InChI=1S/C19H25NO5/c1-13-5-4-6-14(2)20(13)18(22)12-25-19(23)10-8-15-7-9-16(21)17(11-15)24-3/h7-11,13-14,21H,4-6,12H2,1-3H3/b10-8+/t13-,14-/m1/s1. The van der Waals surface area contributed by atoms with Crippen LogP contribution in [-0.2, 0) is 14.3 Å². The van der Waals surface area contributed by atoms with Gasteiger partial charge in [-0.15, -0.1) is 0 Å². The SMILES string of the molecule is COc1cc(/C=C/C(=O)OCC(=O)N2[C@H](C)CCC[C@H]2C)ccc1O. The summed E-state index contributed by atoms with van der Waals surface area (Å²) in [6.07, 6.45) is 5.87. The average Bonchev–Trinajstić information content (AvgIpc) is 2.59. The van der Waals surface area contributed by atoms with E-state index in [1.54, 1.807) is 18.2 Å². The maximum Gasteiger partial charge on any atom is 0.331 e. The Labute approximate surface area is 148 Å². The number of carbonyl (C=O) groups excluding carboxylic acids is 2. The number of methoxy groups -OCH3 is 1. The highest BCUT2D eigenvalue weighted by molar-refractivity contribution is 5.89. The maximum atomic E-state index is 12.3. The van der Waals surface area contributed by atoms with Crippen molar-refractivity contribution in [3.05, 3.63) is 29.8 Å². The van der Waals surface area contributed by atoms with Gasteiger partial charge in [0, 0.05) is 18.2 Å². The molecule has 1 aliphatic heterocycles. The van der Waals surface area contributed by atoms with Crippen molar-refractivity contribution in [2.45, 2.75) is 45.2 Å². The first kappa shape index (κ1) is 18.8. The number of carbonyl (C=O) groups is 2. The summed E-state index contributed by atoms with van der Waals surface area (Å²) < 4.78 is 10.1. The van der Waals surface area contributed by atoms with E-state index in [0.29, 0.717) is 11.3 Å². The molecule has 1 N–H and O–H groups in total. The van der Waals surface area contributed by atoms with Crippen molar-refractivity contribution in [1.29, 1.82) is 0 Å². The van der Waals surface area contributed by atoms with E-state index in [1.165, 1.54) is 19.3 Å². The first-order valence-corrected chi connectivity index (χ1v) is 8.45. The molecule has 6 heteroatoms. The summed E-state index contributed by atoms with van der Waals surface area (Å²) in [5, 5.41) is 9.54. The first-order valence-electron chi connectivity index (χ1n) is 8.45. The van der Waals surface area contributed by atoms with Crippen molar-refractivity contribution < 1.29 is 24.2 Å². The van der Waals surface area contributed by atoms with Crippen LogP contribution >= 0.6 is 0 Å². The molecule has 1 fully saturated rings. The van der Waals surface area contributed by atoms with Gasteiger partial charge in [0.15, 0.2) is 18.1 Å². The van der Waals surface area contributed by atoms with Crippen molar-refractivity contribution in [3.8, 4) is 11.5 Å². The number of amides is 1. The molecule has 1 heterocycles. The zero-order chi connectivity index (χ0) is 18.4. The highest BCUT2D eigenvalue weighted by atomic mass is 16.5. The Morgan fingerprint density at radius 1 is 1.28 bits per heavy atom. The second-order valence-corrected chi connectivity index (χ2v) is 6.30. The third kappa shape index (κ3) is 4.98. The summed E-state index contributed by atoms with van der Waals surface area (Å²) in [5.41, 5.74) is 0.677.